The Hall–Kier alpha value is -0.630. The van der Waals surface area contributed by atoms with Crippen LogP contribution in [-0.2, 0) is 9.53 Å². The second-order valence-corrected chi connectivity index (χ2v) is 4.74. The lowest BCUT2D eigenvalue weighted by atomic mass is 9.81. The number of Topliss-reactive ketones (excluding diaryl/α,β-unsaturated/α-hetero) is 1. The Balaban J connectivity index is 2.18. The van der Waals surface area contributed by atoms with Crippen molar-refractivity contribution in [2.24, 2.45) is 0 Å². The Labute approximate surface area is 85.3 Å². The third-order valence-corrected chi connectivity index (χ3v) is 3.63. The van der Waals surface area contributed by atoms with Crippen LogP contribution in [-0.4, -0.2) is 17.0 Å². The number of ether oxygens (including phenoxy) is 1. The standard InChI is InChI=1S/C12H18O2/c1-3-11(2)8-9-12(14-11)7-5-4-6-10(12)13/h3H,1,4-9H2,2H3/t11-,12-/m0/s1. The molecule has 0 bridgehead atoms. The molecule has 2 heteroatoms. The van der Waals surface area contributed by atoms with Gasteiger partial charge < -0.3 is 4.74 Å². The SMILES string of the molecule is C=C[C@@]1(C)CC[C@]2(CCCCC2=O)O1. The van der Waals surface area contributed by atoms with Crippen LogP contribution in [0, 0.1) is 0 Å². The molecule has 14 heavy (non-hydrogen) atoms. The maximum Gasteiger partial charge on any atom is 0.164 e. The smallest absolute Gasteiger partial charge is 0.164 e. The molecule has 2 aliphatic rings. The van der Waals surface area contributed by atoms with Crippen molar-refractivity contribution in [1.29, 1.82) is 0 Å². The Bertz CT molecular complexity index is 271. The molecule has 78 valence electrons. The van der Waals surface area contributed by atoms with Crippen LogP contribution in [0.25, 0.3) is 0 Å². The monoisotopic (exact) mass is 194 g/mol. The van der Waals surface area contributed by atoms with Crippen molar-refractivity contribution in [1.82, 2.24) is 0 Å². The number of hydrogen-bond acceptors (Lipinski definition) is 2. The van der Waals surface area contributed by atoms with Crippen molar-refractivity contribution in [2.75, 3.05) is 0 Å². The van der Waals surface area contributed by atoms with Crippen molar-refractivity contribution < 1.29 is 9.53 Å². The summed E-state index contributed by atoms with van der Waals surface area (Å²) in [6.07, 6.45) is 7.43. The van der Waals surface area contributed by atoms with Gasteiger partial charge >= 0.3 is 0 Å². The number of carbonyl (C=O) groups is 1. The molecule has 0 N–H and O–H groups in total. The first-order chi connectivity index (χ1) is 6.60. The van der Waals surface area contributed by atoms with E-state index < -0.39 is 5.60 Å². The Morgan fingerprint density at radius 2 is 2.14 bits per heavy atom. The topological polar surface area (TPSA) is 26.3 Å². The minimum Gasteiger partial charge on any atom is -0.357 e. The van der Waals surface area contributed by atoms with E-state index in [0.29, 0.717) is 12.2 Å². The van der Waals surface area contributed by atoms with Crippen LogP contribution >= 0.6 is 0 Å². The van der Waals surface area contributed by atoms with Crippen LogP contribution in [0.3, 0.4) is 0 Å². The van der Waals surface area contributed by atoms with Gasteiger partial charge in [0, 0.05) is 6.42 Å². The predicted octanol–water partition coefficient (Wildman–Crippen LogP) is 2.62. The lowest BCUT2D eigenvalue weighted by molar-refractivity contribution is -0.152. The van der Waals surface area contributed by atoms with E-state index in [1.807, 2.05) is 13.0 Å². The number of hydrogen-bond donors (Lipinski definition) is 0. The first kappa shape index (κ1) is 9.91. The van der Waals surface area contributed by atoms with Gasteiger partial charge in [0.25, 0.3) is 0 Å². The Morgan fingerprint density at radius 1 is 1.36 bits per heavy atom. The Kier molecular flexibility index (Phi) is 2.26. The van der Waals surface area contributed by atoms with Crippen molar-refractivity contribution in [3.8, 4) is 0 Å². The highest BCUT2D eigenvalue weighted by Crippen LogP contribution is 2.44. The number of rotatable bonds is 1. The Morgan fingerprint density at radius 3 is 2.71 bits per heavy atom. The second-order valence-electron chi connectivity index (χ2n) is 4.74. The molecule has 1 aliphatic carbocycles. The van der Waals surface area contributed by atoms with Gasteiger partial charge in [-0.25, -0.2) is 0 Å². The summed E-state index contributed by atoms with van der Waals surface area (Å²) < 4.78 is 5.97. The van der Waals surface area contributed by atoms with Gasteiger partial charge in [-0.2, -0.15) is 0 Å². The highest BCUT2D eigenvalue weighted by atomic mass is 16.5. The molecule has 0 radical (unpaired) electrons. The van der Waals surface area contributed by atoms with E-state index in [1.165, 1.54) is 0 Å². The summed E-state index contributed by atoms with van der Waals surface area (Å²) in [6.45, 7) is 5.81. The van der Waals surface area contributed by atoms with Crippen LogP contribution in [0.2, 0.25) is 0 Å². The number of ketones is 1. The highest BCUT2D eigenvalue weighted by molar-refractivity contribution is 5.88. The molecular formula is C12H18O2. The zero-order valence-corrected chi connectivity index (χ0v) is 8.84. The fourth-order valence-electron chi connectivity index (χ4n) is 2.58. The van der Waals surface area contributed by atoms with E-state index in [1.54, 1.807) is 0 Å². The molecule has 1 saturated carbocycles. The van der Waals surface area contributed by atoms with Gasteiger partial charge in [-0.05, 0) is 39.0 Å². The third-order valence-electron chi connectivity index (χ3n) is 3.63. The first-order valence-electron chi connectivity index (χ1n) is 5.47. The molecular weight excluding hydrogens is 176 g/mol. The van der Waals surface area contributed by atoms with Crippen LogP contribution in [0.15, 0.2) is 12.7 Å². The van der Waals surface area contributed by atoms with Gasteiger partial charge in [0.1, 0.15) is 5.60 Å². The summed E-state index contributed by atoms with van der Waals surface area (Å²) in [5.74, 6) is 0.314. The predicted molar refractivity (Wildman–Crippen MR) is 55.1 cm³/mol. The van der Waals surface area contributed by atoms with E-state index in [4.69, 9.17) is 4.74 Å². The van der Waals surface area contributed by atoms with E-state index in [-0.39, 0.29) is 5.60 Å². The zero-order valence-electron chi connectivity index (χ0n) is 8.84. The minimum atomic E-state index is -0.443. The fraction of sp³-hybridized carbons (Fsp3) is 0.750. The summed E-state index contributed by atoms with van der Waals surface area (Å²) in [4.78, 5) is 11.9. The molecule has 2 nitrogen and oxygen atoms in total. The maximum absolute atomic E-state index is 11.9. The molecule has 2 rings (SSSR count). The molecule has 0 aromatic rings. The molecule has 0 aromatic carbocycles. The summed E-state index contributed by atoms with van der Waals surface area (Å²) in [6, 6.07) is 0. The summed E-state index contributed by atoms with van der Waals surface area (Å²) in [7, 11) is 0. The van der Waals surface area contributed by atoms with Gasteiger partial charge in [-0.15, -0.1) is 6.58 Å². The lowest BCUT2D eigenvalue weighted by Crippen LogP contribution is -2.42. The van der Waals surface area contributed by atoms with Gasteiger partial charge in [-0.3, -0.25) is 4.79 Å². The summed E-state index contributed by atoms with van der Waals surface area (Å²) in [5, 5.41) is 0. The molecule has 0 aromatic heterocycles. The maximum atomic E-state index is 11.9. The molecule has 1 aliphatic heterocycles. The van der Waals surface area contributed by atoms with Gasteiger partial charge in [0.2, 0.25) is 0 Å². The average molecular weight is 194 g/mol. The molecule has 1 heterocycles. The van der Waals surface area contributed by atoms with Crippen LogP contribution in [0.4, 0.5) is 0 Å². The van der Waals surface area contributed by atoms with Crippen molar-refractivity contribution in [3.63, 3.8) is 0 Å². The number of carbonyl (C=O) groups excluding carboxylic acids is 1. The largest absolute Gasteiger partial charge is 0.357 e. The van der Waals surface area contributed by atoms with Gasteiger partial charge in [0.15, 0.2) is 5.78 Å². The van der Waals surface area contributed by atoms with E-state index in [2.05, 4.69) is 6.58 Å². The van der Waals surface area contributed by atoms with Crippen LogP contribution in [0.1, 0.15) is 45.4 Å². The van der Waals surface area contributed by atoms with Gasteiger partial charge in [-0.1, -0.05) is 6.08 Å². The van der Waals surface area contributed by atoms with E-state index in [0.717, 1.165) is 32.1 Å². The van der Waals surface area contributed by atoms with Crippen LogP contribution in [0.5, 0.6) is 0 Å². The molecule has 2 fully saturated rings. The van der Waals surface area contributed by atoms with E-state index in [9.17, 15) is 4.79 Å². The average Bonchev–Trinajstić information content (AvgIpc) is 2.52. The molecule has 1 spiro atoms. The molecule has 0 amide bonds. The lowest BCUT2D eigenvalue weighted by Gasteiger charge is -2.33. The minimum absolute atomic E-state index is 0.271. The summed E-state index contributed by atoms with van der Waals surface area (Å²) in [5.41, 5.74) is -0.714. The van der Waals surface area contributed by atoms with Crippen molar-refractivity contribution >= 4 is 5.78 Å². The van der Waals surface area contributed by atoms with E-state index >= 15 is 0 Å². The second kappa shape index (κ2) is 3.20. The van der Waals surface area contributed by atoms with Gasteiger partial charge in [0.05, 0.1) is 5.60 Å². The summed E-state index contributed by atoms with van der Waals surface area (Å²) >= 11 is 0. The van der Waals surface area contributed by atoms with Crippen molar-refractivity contribution in [3.05, 3.63) is 12.7 Å². The normalized spacial score (nSPS) is 43.1. The van der Waals surface area contributed by atoms with Crippen molar-refractivity contribution in [2.45, 2.75) is 56.7 Å². The van der Waals surface area contributed by atoms with Crippen LogP contribution < -0.4 is 0 Å². The molecule has 0 unspecified atom stereocenters. The zero-order chi connectivity index (χ0) is 10.2. The third kappa shape index (κ3) is 1.42. The molecule has 1 saturated heterocycles. The quantitative estimate of drug-likeness (QED) is 0.600. The first-order valence-corrected chi connectivity index (χ1v) is 5.47. The fourth-order valence-corrected chi connectivity index (χ4v) is 2.58. The highest BCUT2D eigenvalue weighted by Gasteiger charge is 2.50. The molecule has 2 atom stereocenters.